The predicted octanol–water partition coefficient (Wildman–Crippen LogP) is 3.21. The first kappa shape index (κ1) is 18.7. The van der Waals surface area contributed by atoms with Gasteiger partial charge in [-0.1, -0.05) is 36.4 Å². The van der Waals surface area contributed by atoms with Crippen LogP contribution in [0.15, 0.2) is 54.9 Å². The van der Waals surface area contributed by atoms with Crippen molar-refractivity contribution in [3.05, 3.63) is 71.7 Å². The van der Waals surface area contributed by atoms with Crippen molar-refractivity contribution in [3.8, 4) is 0 Å². The molecule has 0 radical (unpaired) electrons. The molecule has 1 aliphatic rings. The number of amides is 1. The highest BCUT2D eigenvalue weighted by molar-refractivity contribution is 5.78. The average molecular weight is 377 g/mol. The summed E-state index contributed by atoms with van der Waals surface area (Å²) in [6.45, 7) is 5.55. The number of aromatic nitrogens is 2. The van der Waals surface area contributed by atoms with Crippen molar-refractivity contribution in [1.82, 2.24) is 19.6 Å². The molecule has 0 aliphatic carbocycles. The Morgan fingerprint density at radius 3 is 2.68 bits per heavy atom. The quantitative estimate of drug-likeness (QED) is 0.719. The smallest absolute Gasteiger partial charge is 0.223 e. The molecule has 3 aromatic rings. The number of likely N-dealkylation sites (tertiary alicyclic amines) is 1. The first-order chi connectivity index (χ1) is 13.7. The molecule has 1 aromatic carbocycles. The Morgan fingerprint density at radius 2 is 1.93 bits per heavy atom. The normalized spacial score (nSPS) is 15.8. The first-order valence-electron chi connectivity index (χ1n) is 10.2. The number of pyridine rings is 1. The molecule has 1 aliphatic heterocycles. The number of benzene rings is 1. The highest BCUT2D eigenvalue weighted by Crippen LogP contribution is 2.20. The topological polar surface area (TPSA) is 49.6 Å². The molecule has 5 heteroatoms. The Bertz CT molecular complexity index is 926. The van der Waals surface area contributed by atoms with E-state index in [4.69, 9.17) is 4.98 Å². The zero-order chi connectivity index (χ0) is 19.3. The number of rotatable bonds is 6. The summed E-state index contributed by atoms with van der Waals surface area (Å²) in [6.07, 6.45) is 6.89. The van der Waals surface area contributed by atoms with Gasteiger partial charge in [0.2, 0.25) is 5.91 Å². The second kappa shape index (κ2) is 8.57. The molecule has 1 amide bonds. The molecular weight excluding hydrogens is 348 g/mol. The average Bonchev–Trinajstić information content (AvgIpc) is 3.13. The molecular formula is C23H28N4O. The highest BCUT2D eigenvalue weighted by Gasteiger charge is 2.25. The molecule has 4 rings (SSSR count). The Labute approximate surface area is 166 Å². The van der Waals surface area contributed by atoms with Gasteiger partial charge in [-0.05, 0) is 56.5 Å². The van der Waals surface area contributed by atoms with Gasteiger partial charge in [-0.2, -0.15) is 0 Å². The van der Waals surface area contributed by atoms with E-state index in [1.165, 1.54) is 11.1 Å². The van der Waals surface area contributed by atoms with E-state index in [0.717, 1.165) is 50.2 Å². The van der Waals surface area contributed by atoms with E-state index in [1.807, 2.05) is 24.4 Å². The number of carbonyl (C=O) groups is 1. The van der Waals surface area contributed by atoms with Gasteiger partial charge in [0.1, 0.15) is 5.65 Å². The molecule has 0 atom stereocenters. The summed E-state index contributed by atoms with van der Waals surface area (Å²) in [7, 11) is 0. The molecule has 1 fully saturated rings. The Hall–Kier alpha value is -2.66. The number of nitrogens with one attached hydrogen (secondary N) is 1. The SMILES string of the molecule is Cc1cccn2cc(CN3CCC(C(=O)NCCc4ccccc4)CC3)nc12. The van der Waals surface area contributed by atoms with Crippen LogP contribution < -0.4 is 5.32 Å². The first-order valence-corrected chi connectivity index (χ1v) is 10.2. The molecule has 0 bridgehead atoms. The van der Waals surface area contributed by atoms with Crippen molar-refractivity contribution < 1.29 is 4.79 Å². The number of fused-ring (bicyclic) bond motifs is 1. The lowest BCUT2D eigenvalue weighted by molar-refractivity contribution is -0.126. The standard InChI is InChI=1S/C23H28N4O/c1-18-6-5-13-27-17-21(25-22(18)27)16-26-14-10-20(11-15-26)23(28)24-12-9-19-7-3-2-4-8-19/h2-8,13,17,20H,9-12,14-16H2,1H3,(H,24,28). The minimum absolute atomic E-state index is 0.135. The van der Waals surface area contributed by atoms with Crippen molar-refractivity contribution in [1.29, 1.82) is 0 Å². The van der Waals surface area contributed by atoms with Crippen molar-refractivity contribution >= 4 is 11.6 Å². The Balaban J connectivity index is 1.23. The molecule has 5 nitrogen and oxygen atoms in total. The second-order valence-electron chi connectivity index (χ2n) is 7.73. The summed E-state index contributed by atoms with van der Waals surface area (Å²) < 4.78 is 2.09. The Morgan fingerprint density at radius 1 is 1.14 bits per heavy atom. The number of nitrogens with zero attached hydrogens (tertiary/aromatic N) is 3. The Kier molecular flexibility index (Phi) is 5.72. The van der Waals surface area contributed by atoms with Gasteiger partial charge in [0.05, 0.1) is 5.69 Å². The molecule has 1 N–H and O–H groups in total. The van der Waals surface area contributed by atoms with E-state index in [-0.39, 0.29) is 11.8 Å². The van der Waals surface area contributed by atoms with Gasteiger partial charge in [-0.25, -0.2) is 4.98 Å². The molecule has 146 valence electrons. The largest absolute Gasteiger partial charge is 0.356 e. The number of imidazole rings is 1. The summed E-state index contributed by atoms with van der Waals surface area (Å²) in [5.74, 6) is 0.342. The number of hydrogen-bond acceptors (Lipinski definition) is 3. The summed E-state index contributed by atoms with van der Waals surface area (Å²) in [5, 5.41) is 3.12. The number of carbonyl (C=O) groups excluding carboxylic acids is 1. The van der Waals surface area contributed by atoms with E-state index in [2.05, 4.69) is 52.0 Å². The van der Waals surface area contributed by atoms with Crippen molar-refractivity contribution in [2.45, 2.75) is 32.7 Å². The van der Waals surface area contributed by atoms with Crippen LogP contribution in [-0.2, 0) is 17.8 Å². The zero-order valence-electron chi connectivity index (χ0n) is 16.5. The van der Waals surface area contributed by atoms with Crippen molar-refractivity contribution in [2.24, 2.45) is 5.92 Å². The fourth-order valence-corrected chi connectivity index (χ4v) is 3.98. The summed E-state index contributed by atoms with van der Waals surface area (Å²) in [6, 6.07) is 14.4. The molecule has 0 spiro atoms. The van der Waals surface area contributed by atoms with Crippen LogP contribution in [0.25, 0.3) is 5.65 Å². The van der Waals surface area contributed by atoms with E-state index < -0.39 is 0 Å². The van der Waals surface area contributed by atoms with E-state index in [1.54, 1.807) is 0 Å². The van der Waals surface area contributed by atoms with Gasteiger partial charge in [-0.15, -0.1) is 0 Å². The van der Waals surface area contributed by atoms with Crippen LogP contribution in [0, 0.1) is 12.8 Å². The maximum atomic E-state index is 12.5. The van der Waals surface area contributed by atoms with Crippen molar-refractivity contribution in [3.63, 3.8) is 0 Å². The maximum Gasteiger partial charge on any atom is 0.223 e. The van der Waals surface area contributed by atoms with Crippen LogP contribution >= 0.6 is 0 Å². The van der Waals surface area contributed by atoms with Crippen LogP contribution in [0.1, 0.15) is 29.7 Å². The lowest BCUT2D eigenvalue weighted by atomic mass is 9.95. The van der Waals surface area contributed by atoms with E-state index in [0.29, 0.717) is 6.54 Å². The molecule has 3 heterocycles. The second-order valence-corrected chi connectivity index (χ2v) is 7.73. The summed E-state index contributed by atoms with van der Waals surface area (Å²) in [5.41, 5.74) is 4.59. The summed E-state index contributed by atoms with van der Waals surface area (Å²) in [4.78, 5) is 19.6. The van der Waals surface area contributed by atoms with Gasteiger partial charge >= 0.3 is 0 Å². The monoisotopic (exact) mass is 376 g/mol. The van der Waals surface area contributed by atoms with Gasteiger partial charge in [0.15, 0.2) is 0 Å². The fourth-order valence-electron chi connectivity index (χ4n) is 3.98. The van der Waals surface area contributed by atoms with Crippen LogP contribution in [0.3, 0.4) is 0 Å². The number of piperidine rings is 1. The third-order valence-electron chi connectivity index (χ3n) is 5.63. The van der Waals surface area contributed by atoms with Crippen LogP contribution in [0.4, 0.5) is 0 Å². The lowest BCUT2D eigenvalue weighted by Crippen LogP contribution is -2.40. The van der Waals surface area contributed by atoms with Gasteiger partial charge in [0.25, 0.3) is 0 Å². The highest BCUT2D eigenvalue weighted by atomic mass is 16.1. The van der Waals surface area contributed by atoms with Crippen LogP contribution in [0.2, 0.25) is 0 Å². The van der Waals surface area contributed by atoms with Crippen LogP contribution in [0.5, 0.6) is 0 Å². The third-order valence-corrected chi connectivity index (χ3v) is 5.63. The molecule has 0 unspecified atom stereocenters. The van der Waals surface area contributed by atoms with Crippen molar-refractivity contribution in [2.75, 3.05) is 19.6 Å². The molecule has 2 aromatic heterocycles. The molecule has 0 saturated carbocycles. The lowest BCUT2D eigenvalue weighted by Gasteiger charge is -2.30. The fraction of sp³-hybridized carbons (Fsp3) is 0.391. The maximum absolute atomic E-state index is 12.5. The van der Waals surface area contributed by atoms with Gasteiger partial charge in [-0.3, -0.25) is 9.69 Å². The van der Waals surface area contributed by atoms with E-state index >= 15 is 0 Å². The molecule has 1 saturated heterocycles. The molecule has 28 heavy (non-hydrogen) atoms. The number of hydrogen-bond donors (Lipinski definition) is 1. The summed E-state index contributed by atoms with van der Waals surface area (Å²) >= 11 is 0. The predicted molar refractivity (Wildman–Crippen MR) is 111 cm³/mol. The minimum Gasteiger partial charge on any atom is -0.356 e. The van der Waals surface area contributed by atoms with Gasteiger partial charge < -0.3 is 9.72 Å². The number of aryl methyl sites for hydroxylation is 1. The van der Waals surface area contributed by atoms with Gasteiger partial charge in [0, 0.05) is 31.4 Å². The van der Waals surface area contributed by atoms with Crippen LogP contribution in [-0.4, -0.2) is 39.8 Å². The zero-order valence-corrected chi connectivity index (χ0v) is 16.5. The third kappa shape index (κ3) is 4.42. The minimum atomic E-state index is 0.135. The van der Waals surface area contributed by atoms with E-state index in [9.17, 15) is 4.79 Å².